The second-order valence-electron chi connectivity index (χ2n) is 9.80. The van der Waals surface area contributed by atoms with Gasteiger partial charge in [0.15, 0.2) is 5.65 Å². The first-order valence-corrected chi connectivity index (χ1v) is 14.6. The molecule has 0 radical (unpaired) electrons. The molecule has 0 aromatic carbocycles. The van der Waals surface area contributed by atoms with Gasteiger partial charge in [0, 0.05) is 53.7 Å². The van der Waals surface area contributed by atoms with Crippen LogP contribution in [0.15, 0.2) is 66.4 Å². The SMILES string of the molecule is Cn1cc(C2C=CC(Cl)=CC2(C)S(=O)(=O)n2ccc3c(-c4ncc(C5(NC(N)=O)COC5)s4)ccnc32)cn1. The maximum Gasteiger partial charge on any atom is 0.313 e. The van der Waals surface area contributed by atoms with E-state index in [0.29, 0.717) is 34.2 Å². The largest absolute Gasteiger partial charge is 0.376 e. The van der Waals surface area contributed by atoms with Gasteiger partial charge < -0.3 is 15.8 Å². The number of carbonyl (C=O) groups is 1. The summed E-state index contributed by atoms with van der Waals surface area (Å²) in [6.45, 7) is 2.23. The Bertz CT molecular complexity index is 1780. The second kappa shape index (κ2) is 9.01. The Labute approximate surface area is 233 Å². The van der Waals surface area contributed by atoms with Gasteiger partial charge in [-0.15, -0.1) is 11.3 Å². The molecule has 39 heavy (non-hydrogen) atoms. The van der Waals surface area contributed by atoms with Gasteiger partial charge in [-0.05, 0) is 36.8 Å². The van der Waals surface area contributed by atoms with Crippen molar-refractivity contribution >= 4 is 50.0 Å². The van der Waals surface area contributed by atoms with Crippen molar-refractivity contribution < 1.29 is 17.9 Å². The van der Waals surface area contributed by atoms with Gasteiger partial charge in [-0.1, -0.05) is 17.7 Å². The first kappa shape index (κ1) is 25.7. The van der Waals surface area contributed by atoms with Gasteiger partial charge in [0.25, 0.3) is 0 Å². The molecule has 4 aromatic rings. The number of aryl methyl sites for hydroxylation is 1. The molecule has 5 heterocycles. The zero-order valence-electron chi connectivity index (χ0n) is 20.9. The molecule has 14 heteroatoms. The number of carbonyl (C=O) groups excluding carboxylic acids is 1. The summed E-state index contributed by atoms with van der Waals surface area (Å²) in [7, 11) is -2.30. The molecule has 3 N–H and O–H groups in total. The molecule has 202 valence electrons. The highest BCUT2D eigenvalue weighted by molar-refractivity contribution is 7.91. The molecule has 1 fully saturated rings. The van der Waals surface area contributed by atoms with Crippen LogP contribution in [0.25, 0.3) is 21.6 Å². The van der Waals surface area contributed by atoms with E-state index in [1.165, 1.54) is 21.5 Å². The van der Waals surface area contributed by atoms with Crippen molar-refractivity contribution in [1.29, 1.82) is 0 Å². The lowest BCUT2D eigenvalue weighted by Crippen LogP contribution is -2.60. The number of hydrogen-bond acceptors (Lipinski definition) is 8. The van der Waals surface area contributed by atoms with E-state index in [4.69, 9.17) is 22.1 Å². The quantitative estimate of drug-likeness (QED) is 0.353. The van der Waals surface area contributed by atoms with Gasteiger partial charge in [0.2, 0.25) is 10.0 Å². The number of halogens is 1. The topological polar surface area (TPSA) is 147 Å². The van der Waals surface area contributed by atoms with Crippen LogP contribution in [-0.2, 0) is 27.3 Å². The van der Waals surface area contributed by atoms with Gasteiger partial charge in [-0.25, -0.2) is 27.2 Å². The molecule has 0 bridgehead atoms. The van der Waals surface area contributed by atoms with Crippen LogP contribution in [0.5, 0.6) is 0 Å². The molecule has 2 atom stereocenters. The Kier molecular flexibility index (Phi) is 5.95. The minimum atomic E-state index is -4.08. The molecular weight excluding hydrogens is 562 g/mol. The Morgan fingerprint density at radius 1 is 1.28 bits per heavy atom. The number of allylic oxidation sites excluding steroid dienone is 3. The Hall–Kier alpha value is -3.52. The lowest BCUT2D eigenvalue weighted by Gasteiger charge is -2.40. The molecule has 2 amide bonds. The molecule has 1 aliphatic heterocycles. The van der Waals surface area contributed by atoms with E-state index in [-0.39, 0.29) is 5.65 Å². The summed E-state index contributed by atoms with van der Waals surface area (Å²) in [5.41, 5.74) is 6.39. The highest BCUT2D eigenvalue weighted by Gasteiger charge is 2.48. The van der Waals surface area contributed by atoms with E-state index in [9.17, 15) is 13.2 Å². The third-order valence-corrected chi connectivity index (χ3v) is 11.0. The van der Waals surface area contributed by atoms with Gasteiger partial charge >= 0.3 is 6.03 Å². The predicted octanol–water partition coefficient (Wildman–Crippen LogP) is 3.20. The summed E-state index contributed by atoms with van der Waals surface area (Å²) in [6.07, 6.45) is 13.3. The van der Waals surface area contributed by atoms with E-state index in [0.717, 1.165) is 10.4 Å². The van der Waals surface area contributed by atoms with Gasteiger partial charge in [0.1, 0.15) is 15.3 Å². The van der Waals surface area contributed by atoms with Crippen LogP contribution < -0.4 is 11.1 Å². The van der Waals surface area contributed by atoms with E-state index in [1.807, 2.05) is 0 Å². The second-order valence-corrected chi connectivity index (χ2v) is 13.5. The van der Waals surface area contributed by atoms with Crippen LogP contribution in [0.3, 0.4) is 0 Å². The zero-order valence-corrected chi connectivity index (χ0v) is 23.3. The van der Waals surface area contributed by atoms with Gasteiger partial charge in [-0.3, -0.25) is 4.68 Å². The van der Waals surface area contributed by atoms with Crippen LogP contribution in [0.2, 0.25) is 0 Å². The molecule has 1 aliphatic carbocycles. The average Bonchev–Trinajstić information content (AvgIpc) is 3.61. The van der Waals surface area contributed by atoms with Crippen molar-refractivity contribution in [1.82, 2.24) is 29.0 Å². The van der Waals surface area contributed by atoms with Gasteiger partial charge in [0.05, 0.1) is 24.3 Å². The number of primary amides is 1. The van der Waals surface area contributed by atoms with E-state index < -0.39 is 32.3 Å². The molecule has 0 spiro atoms. The fraction of sp³-hybridized carbons (Fsp3) is 0.280. The van der Waals surface area contributed by atoms with Crippen molar-refractivity contribution in [3.8, 4) is 10.6 Å². The Morgan fingerprint density at radius 3 is 2.74 bits per heavy atom. The molecule has 0 saturated carbocycles. The number of thiazole rings is 1. The fourth-order valence-electron chi connectivity index (χ4n) is 5.11. The van der Waals surface area contributed by atoms with E-state index >= 15 is 0 Å². The Morgan fingerprint density at radius 2 is 2.08 bits per heavy atom. The third kappa shape index (κ3) is 3.99. The van der Waals surface area contributed by atoms with Crippen LogP contribution in [-0.4, -0.2) is 56.1 Å². The highest BCUT2D eigenvalue weighted by Crippen LogP contribution is 2.44. The number of pyridine rings is 1. The molecule has 1 saturated heterocycles. The van der Waals surface area contributed by atoms with Crippen LogP contribution in [0.1, 0.15) is 23.3 Å². The van der Waals surface area contributed by atoms with Crippen molar-refractivity contribution in [3.63, 3.8) is 0 Å². The number of nitrogens with one attached hydrogen (secondary N) is 1. The first-order chi connectivity index (χ1) is 18.5. The molecule has 6 rings (SSSR count). The van der Waals surface area contributed by atoms with Crippen LogP contribution >= 0.6 is 22.9 Å². The summed E-state index contributed by atoms with van der Waals surface area (Å²) in [5, 5.41) is 8.59. The average molecular weight is 586 g/mol. The van der Waals surface area contributed by atoms with Crippen molar-refractivity contribution in [2.75, 3.05) is 13.2 Å². The monoisotopic (exact) mass is 585 g/mol. The fourth-order valence-corrected chi connectivity index (χ4v) is 8.38. The smallest absolute Gasteiger partial charge is 0.313 e. The molecule has 2 unspecified atom stereocenters. The summed E-state index contributed by atoms with van der Waals surface area (Å²) >= 11 is 7.73. The lowest BCUT2D eigenvalue weighted by molar-refractivity contribution is -0.0694. The van der Waals surface area contributed by atoms with Crippen LogP contribution in [0, 0.1) is 0 Å². The first-order valence-electron chi connectivity index (χ1n) is 11.9. The molecule has 11 nitrogen and oxygen atoms in total. The van der Waals surface area contributed by atoms with Crippen molar-refractivity contribution in [2.45, 2.75) is 23.1 Å². The normalized spacial score (nSPS) is 22.4. The maximum atomic E-state index is 14.3. The summed E-state index contributed by atoms with van der Waals surface area (Å²) < 4.78 is 35.4. The predicted molar refractivity (Wildman–Crippen MR) is 148 cm³/mol. The molecular formula is C25H24ClN7O4S2. The molecule has 2 aliphatic rings. The number of fused-ring (bicyclic) bond motifs is 1. The lowest BCUT2D eigenvalue weighted by atomic mass is 9.85. The van der Waals surface area contributed by atoms with Crippen molar-refractivity contribution in [2.24, 2.45) is 12.8 Å². The maximum absolute atomic E-state index is 14.3. The van der Waals surface area contributed by atoms with Crippen LogP contribution in [0.4, 0.5) is 4.79 Å². The minimum absolute atomic E-state index is 0.270. The third-order valence-electron chi connectivity index (χ3n) is 7.21. The standard InChI is InChI=1S/C25H24ClN7O4S2/c1-24(9-16(26)3-4-19(24)15-10-30-32(2)12-15)39(35,36)33-8-6-17-18(5-7-28-21(17)33)22-29-11-20(38-22)25(13-37-14-25)31-23(27)34/h3-12,19H,13-14H2,1-2H3,(H3,27,31,34). The Balaban J connectivity index is 1.43. The van der Waals surface area contributed by atoms with Crippen molar-refractivity contribution in [3.05, 3.63) is 76.8 Å². The highest BCUT2D eigenvalue weighted by atomic mass is 35.5. The van der Waals surface area contributed by atoms with E-state index in [1.54, 1.807) is 73.8 Å². The number of nitrogens with two attached hydrogens (primary N) is 1. The number of amides is 2. The number of hydrogen-bond donors (Lipinski definition) is 2. The number of nitrogens with zero attached hydrogens (tertiary/aromatic N) is 5. The zero-order chi connectivity index (χ0) is 27.6. The molecule has 4 aromatic heterocycles. The number of ether oxygens (including phenoxy) is 1. The van der Waals surface area contributed by atoms with Gasteiger partial charge in [-0.2, -0.15) is 5.10 Å². The summed E-state index contributed by atoms with van der Waals surface area (Å²) in [5.74, 6) is -0.528. The minimum Gasteiger partial charge on any atom is -0.376 e. The number of urea groups is 1. The summed E-state index contributed by atoms with van der Waals surface area (Å²) in [4.78, 5) is 21.4. The van der Waals surface area contributed by atoms with E-state index in [2.05, 4.69) is 20.4 Å². The summed E-state index contributed by atoms with van der Waals surface area (Å²) in [6, 6.07) is 2.85. The number of aromatic nitrogens is 5. The number of rotatable bonds is 6.